The van der Waals surface area contributed by atoms with Crippen LogP contribution in [0.1, 0.15) is 22.8 Å². The number of Topliss-reactive ketones (excluding diaryl/α,β-unsaturated/α-hetero) is 1. The van der Waals surface area contributed by atoms with Gasteiger partial charge in [0.25, 0.3) is 5.22 Å². The Morgan fingerprint density at radius 3 is 2.78 bits per heavy atom. The standard InChI is InChI=1S/C20H16FN3O2S/c1-2-12-4-3-5-15-16(10-22-18(12)15)17(25)11-27-20-24-23-19(26-20)13-6-8-14(21)9-7-13/h3-10,22H,2,11H2,1H3. The molecule has 0 saturated carbocycles. The predicted octanol–water partition coefficient (Wildman–Crippen LogP) is 4.89. The number of carbonyl (C=O) groups is 1. The third kappa shape index (κ3) is 3.50. The first-order chi connectivity index (χ1) is 13.2. The van der Waals surface area contributed by atoms with Crippen LogP contribution in [0.2, 0.25) is 0 Å². The third-order valence-electron chi connectivity index (χ3n) is 4.31. The van der Waals surface area contributed by atoms with Crippen LogP contribution in [-0.2, 0) is 6.42 Å². The molecule has 4 rings (SSSR count). The van der Waals surface area contributed by atoms with Gasteiger partial charge in [-0.05, 0) is 36.2 Å². The number of aromatic amines is 1. The van der Waals surface area contributed by atoms with Crippen LogP contribution in [0.15, 0.2) is 58.3 Å². The number of fused-ring (bicyclic) bond motifs is 1. The lowest BCUT2D eigenvalue weighted by atomic mass is 10.1. The van der Waals surface area contributed by atoms with E-state index in [1.165, 1.54) is 29.5 Å². The maximum absolute atomic E-state index is 13.0. The zero-order valence-electron chi connectivity index (χ0n) is 14.5. The Kier molecular flexibility index (Phi) is 4.77. The van der Waals surface area contributed by atoms with Gasteiger partial charge < -0.3 is 9.40 Å². The van der Waals surface area contributed by atoms with Crippen LogP contribution < -0.4 is 0 Å². The molecule has 0 aliphatic heterocycles. The number of halogens is 1. The molecule has 0 bridgehead atoms. The summed E-state index contributed by atoms with van der Waals surface area (Å²) in [6.45, 7) is 2.08. The molecule has 0 aliphatic carbocycles. The summed E-state index contributed by atoms with van der Waals surface area (Å²) < 4.78 is 18.6. The van der Waals surface area contributed by atoms with Crippen LogP contribution in [0.4, 0.5) is 4.39 Å². The van der Waals surface area contributed by atoms with E-state index in [0.29, 0.717) is 22.2 Å². The molecular formula is C20H16FN3O2S. The zero-order chi connectivity index (χ0) is 18.8. The molecule has 0 amide bonds. The Hall–Kier alpha value is -2.93. The normalized spacial score (nSPS) is 11.2. The molecule has 4 aromatic rings. The number of rotatable bonds is 6. The number of hydrogen-bond acceptors (Lipinski definition) is 5. The molecule has 136 valence electrons. The summed E-state index contributed by atoms with van der Waals surface area (Å²) in [5, 5.41) is 9.13. The van der Waals surface area contributed by atoms with E-state index < -0.39 is 0 Å². The molecule has 5 nitrogen and oxygen atoms in total. The maximum Gasteiger partial charge on any atom is 0.277 e. The van der Waals surface area contributed by atoms with Crippen molar-refractivity contribution in [3.05, 3.63) is 65.6 Å². The Labute approximate surface area is 159 Å². The molecule has 0 aliphatic rings. The van der Waals surface area contributed by atoms with Gasteiger partial charge in [-0.2, -0.15) is 0 Å². The number of nitrogens with one attached hydrogen (secondary N) is 1. The highest BCUT2D eigenvalue weighted by molar-refractivity contribution is 7.99. The van der Waals surface area contributed by atoms with Gasteiger partial charge in [0, 0.05) is 28.2 Å². The molecule has 2 heterocycles. The molecule has 7 heteroatoms. The van der Waals surface area contributed by atoms with E-state index in [9.17, 15) is 9.18 Å². The van der Waals surface area contributed by atoms with Crippen molar-refractivity contribution in [3.63, 3.8) is 0 Å². The van der Waals surface area contributed by atoms with Crippen molar-refractivity contribution in [2.75, 3.05) is 5.75 Å². The topological polar surface area (TPSA) is 71.8 Å². The van der Waals surface area contributed by atoms with Crippen LogP contribution in [0.5, 0.6) is 0 Å². The van der Waals surface area contributed by atoms with Gasteiger partial charge in [0.1, 0.15) is 5.82 Å². The highest BCUT2D eigenvalue weighted by Crippen LogP contribution is 2.26. The van der Waals surface area contributed by atoms with Crippen molar-refractivity contribution in [1.29, 1.82) is 0 Å². The van der Waals surface area contributed by atoms with E-state index in [-0.39, 0.29) is 17.4 Å². The number of nitrogens with zero attached hydrogens (tertiary/aromatic N) is 2. The molecule has 0 spiro atoms. The lowest BCUT2D eigenvalue weighted by Crippen LogP contribution is -2.01. The number of carbonyl (C=O) groups excluding carboxylic acids is 1. The fourth-order valence-electron chi connectivity index (χ4n) is 2.92. The van der Waals surface area contributed by atoms with E-state index in [4.69, 9.17) is 4.42 Å². The average Bonchev–Trinajstić information content (AvgIpc) is 3.33. The second-order valence-electron chi connectivity index (χ2n) is 5.99. The Morgan fingerprint density at radius 2 is 2.00 bits per heavy atom. The summed E-state index contributed by atoms with van der Waals surface area (Å²) in [6.07, 6.45) is 2.65. The minimum Gasteiger partial charge on any atom is -0.411 e. The summed E-state index contributed by atoms with van der Waals surface area (Å²) in [5.41, 5.74) is 3.47. The number of benzene rings is 2. The number of thioether (sulfide) groups is 1. The quantitative estimate of drug-likeness (QED) is 0.380. The number of ketones is 1. The van der Waals surface area contributed by atoms with Crippen molar-refractivity contribution in [1.82, 2.24) is 15.2 Å². The average molecular weight is 381 g/mol. The van der Waals surface area contributed by atoms with Crippen LogP contribution >= 0.6 is 11.8 Å². The lowest BCUT2D eigenvalue weighted by molar-refractivity contribution is 0.102. The van der Waals surface area contributed by atoms with Crippen LogP contribution in [0, 0.1) is 5.82 Å². The fraction of sp³-hybridized carbons (Fsp3) is 0.150. The first-order valence-electron chi connectivity index (χ1n) is 8.50. The van der Waals surface area contributed by atoms with Gasteiger partial charge in [0.15, 0.2) is 5.78 Å². The van der Waals surface area contributed by atoms with Gasteiger partial charge in [-0.15, -0.1) is 10.2 Å². The molecule has 2 aromatic carbocycles. The first-order valence-corrected chi connectivity index (χ1v) is 9.48. The number of hydrogen-bond donors (Lipinski definition) is 1. The minimum atomic E-state index is -0.330. The number of para-hydroxylation sites is 1. The largest absolute Gasteiger partial charge is 0.411 e. The summed E-state index contributed by atoms with van der Waals surface area (Å²) in [4.78, 5) is 15.8. The highest BCUT2D eigenvalue weighted by atomic mass is 32.2. The molecule has 1 N–H and O–H groups in total. The number of aromatic nitrogens is 3. The molecule has 27 heavy (non-hydrogen) atoms. The van der Waals surface area contributed by atoms with Gasteiger partial charge in [-0.3, -0.25) is 4.79 Å². The van der Waals surface area contributed by atoms with Crippen LogP contribution in [-0.4, -0.2) is 26.7 Å². The minimum absolute atomic E-state index is 0.0129. The van der Waals surface area contributed by atoms with E-state index in [0.717, 1.165) is 17.3 Å². The van der Waals surface area contributed by atoms with Crippen molar-refractivity contribution >= 4 is 28.4 Å². The summed E-state index contributed by atoms with van der Waals surface area (Å²) in [5.74, 6) is 0.142. The van der Waals surface area contributed by atoms with Gasteiger partial charge in [-0.25, -0.2) is 4.39 Å². The van der Waals surface area contributed by atoms with Gasteiger partial charge in [0.05, 0.1) is 5.75 Å². The first kappa shape index (κ1) is 17.5. The second kappa shape index (κ2) is 7.36. The molecule has 0 atom stereocenters. The van der Waals surface area contributed by atoms with E-state index in [2.05, 4.69) is 28.2 Å². The lowest BCUT2D eigenvalue weighted by Gasteiger charge is -2.00. The Morgan fingerprint density at radius 1 is 1.19 bits per heavy atom. The fourth-order valence-corrected chi connectivity index (χ4v) is 3.57. The van der Waals surface area contributed by atoms with Crippen LogP contribution in [0.3, 0.4) is 0 Å². The van der Waals surface area contributed by atoms with Crippen molar-refractivity contribution in [2.45, 2.75) is 18.6 Å². The summed E-state index contributed by atoms with van der Waals surface area (Å²) in [7, 11) is 0. The second-order valence-corrected chi connectivity index (χ2v) is 6.91. The van der Waals surface area contributed by atoms with E-state index in [1.807, 2.05) is 12.1 Å². The number of aryl methyl sites for hydroxylation is 1. The molecule has 0 fully saturated rings. The Balaban J connectivity index is 1.48. The zero-order valence-corrected chi connectivity index (χ0v) is 15.3. The van der Waals surface area contributed by atoms with Gasteiger partial charge in [0.2, 0.25) is 5.89 Å². The highest BCUT2D eigenvalue weighted by Gasteiger charge is 2.16. The molecule has 0 unspecified atom stereocenters. The maximum atomic E-state index is 13.0. The van der Waals surface area contributed by atoms with Gasteiger partial charge in [-0.1, -0.05) is 36.9 Å². The molecule has 0 radical (unpaired) electrons. The van der Waals surface area contributed by atoms with E-state index >= 15 is 0 Å². The van der Waals surface area contributed by atoms with Crippen molar-refractivity contribution < 1.29 is 13.6 Å². The van der Waals surface area contributed by atoms with E-state index in [1.54, 1.807) is 18.3 Å². The van der Waals surface area contributed by atoms with Crippen molar-refractivity contribution in [2.24, 2.45) is 0 Å². The predicted molar refractivity (Wildman–Crippen MR) is 102 cm³/mol. The SMILES string of the molecule is CCc1cccc2c(C(=O)CSc3nnc(-c4ccc(F)cc4)o3)c[nH]c12. The van der Waals surface area contributed by atoms with Gasteiger partial charge >= 0.3 is 0 Å². The molecular weight excluding hydrogens is 365 g/mol. The Bertz CT molecular complexity index is 1100. The number of H-pyrrole nitrogens is 1. The van der Waals surface area contributed by atoms with Crippen molar-refractivity contribution in [3.8, 4) is 11.5 Å². The monoisotopic (exact) mass is 381 g/mol. The molecule has 2 aromatic heterocycles. The third-order valence-corrected chi connectivity index (χ3v) is 5.13. The summed E-state index contributed by atoms with van der Waals surface area (Å²) >= 11 is 1.19. The summed E-state index contributed by atoms with van der Waals surface area (Å²) in [6, 6.07) is 11.8. The van der Waals surface area contributed by atoms with Crippen LogP contribution in [0.25, 0.3) is 22.4 Å². The smallest absolute Gasteiger partial charge is 0.277 e. The molecule has 0 saturated heterocycles.